The van der Waals surface area contributed by atoms with E-state index in [4.69, 9.17) is 0 Å². The highest BCUT2D eigenvalue weighted by Crippen LogP contribution is 2.20. The second-order valence-corrected chi connectivity index (χ2v) is 7.39. The average Bonchev–Trinajstić information content (AvgIpc) is 2.54. The molecule has 1 atom stereocenters. The molecule has 2 heterocycles. The van der Waals surface area contributed by atoms with Gasteiger partial charge in [-0.1, -0.05) is 13.8 Å². The fraction of sp³-hybridized carbons (Fsp3) is 0.938. The predicted molar refractivity (Wildman–Crippen MR) is 105 cm³/mol. The molecule has 0 bridgehead atoms. The molecule has 1 N–H and O–H groups in total. The zero-order chi connectivity index (χ0) is 15.1. The van der Waals surface area contributed by atoms with Crippen LogP contribution in [0.4, 0.5) is 0 Å². The Labute approximate surface area is 158 Å². The van der Waals surface area contributed by atoms with Crippen LogP contribution in [-0.4, -0.2) is 72.5 Å². The van der Waals surface area contributed by atoms with Crippen molar-refractivity contribution in [3.63, 3.8) is 0 Å². The Balaban J connectivity index is 0.00000242. The van der Waals surface area contributed by atoms with Crippen molar-refractivity contribution in [1.82, 2.24) is 15.1 Å². The van der Waals surface area contributed by atoms with E-state index in [9.17, 15) is 4.79 Å². The summed E-state index contributed by atoms with van der Waals surface area (Å²) in [5, 5.41) is 3.46. The van der Waals surface area contributed by atoms with Crippen molar-refractivity contribution in [1.29, 1.82) is 0 Å². The SMILES string of the molecule is CCN(CC)CC1CCN(C(=O)CC2CSCCN2)CC1.Cl.Cl. The number of piperidine rings is 1. The van der Waals surface area contributed by atoms with Gasteiger partial charge >= 0.3 is 0 Å². The molecule has 0 spiro atoms. The summed E-state index contributed by atoms with van der Waals surface area (Å²) < 4.78 is 0. The lowest BCUT2D eigenvalue weighted by Crippen LogP contribution is -2.45. The van der Waals surface area contributed by atoms with E-state index in [0.29, 0.717) is 18.4 Å². The van der Waals surface area contributed by atoms with Gasteiger partial charge in [-0.3, -0.25) is 4.79 Å². The molecular weight excluding hydrogens is 353 g/mol. The number of carbonyl (C=O) groups is 1. The van der Waals surface area contributed by atoms with Gasteiger partial charge < -0.3 is 15.1 Å². The third kappa shape index (κ3) is 7.82. The molecule has 0 radical (unpaired) electrons. The van der Waals surface area contributed by atoms with Crippen LogP contribution >= 0.6 is 36.6 Å². The molecule has 1 unspecified atom stereocenters. The molecule has 2 rings (SSSR count). The quantitative estimate of drug-likeness (QED) is 0.761. The predicted octanol–water partition coefficient (Wildman–Crippen LogP) is 2.51. The Bertz CT molecular complexity index is 318. The van der Waals surface area contributed by atoms with Crippen LogP contribution in [0.15, 0.2) is 0 Å². The summed E-state index contributed by atoms with van der Waals surface area (Å²) >= 11 is 1.97. The Morgan fingerprint density at radius 1 is 1.22 bits per heavy atom. The molecule has 0 aromatic rings. The number of hydrogen-bond acceptors (Lipinski definition) is 4. The van der Waals surface area contributed by atoms with E-state index in [-0.39, 0.29) is 24.8 Å². The molecule has 0 aromatic carbocycles. The summed E-state index contributed by atoms with van der Waals surface area (Å²) in [5.74, 6) is 3.40. The number of rotatable bonds is 6. The van der Waals surface area contributed by atoms with Crippen LogP contribution in [-0.2, 0) is 4.79 Å². The molecular formula is C16H33Cl2N3OS. The van der Waals surface area contributed by atoms with Crippen molar-refractivity contribution in [3.05, 3.63) is 0 Å². The number of halogens is 2. The summed E-state index contributed by atoms with van der Waals surface area (Å²) in [6.07, 6.45) is 3.04. The van der Waals surface area contributed by atoms with E-state index >= 15 is 0 Å². The van der Waals surface area contributed by atoms with Crippen molar-refractivity contribution < 1.29 is 4.79 Å². The Morgan fingerprint density at radius 3 is 2.39 bits per heavy atom. The van der Waals surface area contributed by atoms with Gasteiger partial charge in [0.25, 0.3) is 0 Å². The van der Waals surface area contributed by atoms with Crippen molar-refractivity contribution in [2.24, 2.45) is 5.92 Å². The first-order chi connectivity index (χ1) is 10.2. The van der Waals surface area contributed by atoms with Gasteiger partial charge in [-0.15, -0.1) is 24.8 Å². The van der Waals surface area contributed by atoms with Crippen LogP contribution in [0.1, 0.15) is 33.1 Å². The highest BCUT2D eigenvalue weighted by Gasteiger charge is 2.26. The van der Waals surface area contributed by atoms with Gasteiger partial charge in [0, 0.05) is 50.1 Å². The first-order valence-electron chi connectivity index (χ1n) is 8.54. The van der Waals surface area contributed by atoms with Crippen molar-refractivity contribution in [2.45, 2.75) is 39.2 Å². The monoisotopic (exact) mass is 385 g/mol. The molecule has 2 aliphatic heterocycles. The number of thioether (sulfide) groups is 1. The fourth-order valence-corrected chi connectivity index (χ4v) is 4.25. The van der Waals surface area contributed by atoms with Gasteiger partial charge in [-0.05, 0) is 31.8 Å². The summed E-state index contributed by atoms with van der Waals surface area (Å²) in [4.78, 5) is 17.0. The van der Waals surface area contributed by atoms with Crippen LogP contribution in [0, 0.1) is 5.92 Å². The van der Waals surface area contributed by atoms with E-state index in [0.717, 1.165) is 44.4 Å². The molecule has 4 nitrogen and oxygen atoms in total. The second-order valence-electron chi connectivity index (χ2n) is 6.24. The number of carbonyl (C=O) groups excluding carboxylic acids is 1. The summed E-state index contributed by atoms with van der Waals surface area (Å²) in [7, 11) is 0. The van der Waals surface area contributed by atoms with E-state index in [2.05, 4.69) is 29.0 Å². The van der Waals surface area contributed by atoms with Gasteiger partial charge in [-0.25, -0.2) is 0 Å². The number of likely N-dealkylation sites (tertiary alicyclic amines) is 1. The van der Waals surface area contributed by atoms with E-state index in [1.54, 1.807) is 0 Å². The average molecular weight is 386 g/mol. The maximum Gasteiger partial charge on any atom is 0.224 e. The van der Waals surface area contributed by atoms with E-state index < -0.39 is 0 Å². The molecule has 1 amide bonds. The molecule has 138 valence electrons. The zero-order valence-electron chi connectivity index (χ0n) is 14.5. The maximum absolute atomic E-state index is 12.4. The Kier molecular flexibility index (Phi) is 12.8. The standard InChI is InChI=1S/C16H31N3OS.2ClH/c1-3-18(4-2)12-14-5-8-19(9-6-14)16(20)11-15-13-21-10-7-17-15;;/h14-15,17H,3-13H2,1-2H3;2*1H. The van der Waals surface area contributed by atoms with Gasteiger partial charge in [0.05, 0.1) is 0 Å². The number of hydrogen-bond donors (Lipinski definition) is 1. The summed E-state index contributed by atoms with van der Waals surface area (Å²) in [6.45, 7) is 10.9. The summed E-state index contributed by atoms with van der Waals surface area (Å²) in [5.41, 5.74) is 0. The molecule has 0 aliphatic carbocycles. The van der Waals surface area contributed by atoms with Crippen molar-refractivity contribution in [3.8, 4) is 0 Å². The minimum atomic E-state index is 0. The third-order valence-corrected chi connectivity index (χ3v) is 5.93. The van der Waals surface area contributed by atoms with E-state index in [1.165, 1.54) is 25.1 Å². The topological polar surface area (TPSA) is 35.6 Å². The molecule has 2 saturated heterocycles. The first-order valence-corrected chi connectivity index (χ1v) is 9.69. The smallest absolute Gasteiger partial charge is 0.224 e. The second kappa shape index (κ2) is 12.6. The van der Waals surface area contributed by atoms with Crippen LogP contribution in [0.25, 0.3) is 0 Å². The maximum atomic E-state index is 12.4. The Morgan fingerprint density at radius 2 is 1.87 bits per heavy atom. The van der Waals surface area contributed by atoms with Gasteiger partial charge in [0.1, 0.15) is 0 Å². The zero-order valence-corrected chi connectivity index (χ0v) is 16.9. The van der Waals surface area contributed by atoms with Gasteiger partial charge in [-0.2, -0.15) is 11.8 Å². The lowest BCUT2D eigenvalue weighted by molar-refractivity contribution is -0.133. The first kappa shape index (κ1) is 23.3. The van der Waals surface area contributed by atoms with Crippen LogP contribution in [0.5, 0.6) is 0 Å². The highest BCUT2D eigenvalue weighted by molar-refractivity contribution is 7.99. The Hall–Kier alpha value is 0.320. The van der Waals surface area contributed by atoms with E-state index in [1.807, 2.05) is 11.8 Å². The summed E-state index contributed by atoms with van der Waals surface area (Å²) in [6, 6.07) is 0.393. The molecule has 7 heteroatoms. The number of nitrogens with one attached hydrogen (secondary N) is 1. The lowest BCUT2D eigenvalue weighted by atomic mass is 9.95. The largest absolute Gasteiger partial charge is 0.343 e. The van der Waals surface area contributed by atoms with Crippen molar-refractivity contribution >= 4 is 42.5 Å². The van der Waals surface area contributed by atoms with Crippen LogP contribution in [0.3, 0.4) is 0 Å². The highest BCUT2D eigenvalue weighted by atomic mass is 35.5. The number of amides is 1. The molecule has 2 fully saturated rings. The number of nitrogens with zero attached hydrogens (tertiary/aromatic N) is 2. The van der Waals surface area contributed by atoms with Crippen molar-refractivity contribution in [2.75, 3.05) is 50.8 Å². The molecule has 0 aromatic heterocycles. The third-order valence-electron chi connectivity index (χ3n) is 4.80. The normalized spacial score (nSPS) is 22.4. The minimum Gasteiger partial charge on any atom is -0.343 e. The minimum absolute atomic E-state index is 0. The fourth-order valence-electron chi connectivity index (χ4n) is 3.30. The molecule has 2 aliphatic rings. The molecule has 23 heavy (non-hydrogen) atoms. The molecule has 0 saturated carbocycles. The van der Waals surface area contributed by atoms with Crippen LogP contribution in [0.2, 0.25) is 0 Å². The van der Waals surface area contributed by atoms with Gasteiger partial charge in [0.2, 0.25) is 5.91 Å². The van der Waals surface area contributed by atoms with Crippen LogP contribution < -0.4 is 5.32 Å². The lowest BCUT2D eigenvalue weighted by Gasteiger charge is -2.35. The van der Waals surface area contributed by atoms with Gasteiger partial charge in [0.15, 0.2) is 0 Å².